The molecule has 1 nitrogen and oxygen atoms in total. The molecular formula is C15H13Cl2FO. The Bertz CT molecular complexity index is 599. The number of rotatable bonds is 3. The summed E-state index contributed by atoms with van der Waals surface area (Å²) in [6, 6.07) is 10.2. The quantitative estimate of drug-likeness (QED) is 0.714. The zero-order chi connectivity index (χ0) is 14.0. The van der Waals surface area contributed by atoms with Gasteiger partial charge in [0.15, 0.2) is 0 Å². The van der Waals surface area contributed by atoms with Crippen LogP contribution in [0.25, 0.3) is 0 Å². The van der Waals surface area contributed by atoms with Crippen LogP contribution in [0.1, 0.15) is 22.1 Å². The van der Waals surface area contributed by atoms with Crippen molar-refractivity contribution in [1.29, 1.82) is 0 Å². The van der Waals surface area contributed by atoms with Gasteiger partial charge < -0.3 is 4.74 Å². The fourth-order valence-corrected chi connectivity index (χ4v) is 2.44. The zero-order valence-electron chi connectivity index (χ0n) is 10.6. The van der Waals surface area contributed by atoms with Crippen LogP contribution in [-0.4, -0.2) is 7.11 Å². The van der Waals surface area contributed by atoms with Gasteiger partial charge in [0.25, 0.3) is 0 Å². The Hall–Kier alpha value is -1.25. The Labute approximate surface area is 121 Å². The predicted molar refractivity (Wildman–Crippen MR) is 76.8 cm³/mol. The summed E-state index contributed by atoms with van der Waals surface area (Å²) in [4.78, 5) is 0. The fraction of sp³-hybridized carbons (Fsp3) is 0.200. The summed E-state index contributed by atoms with van der Waals surface area (Å²) >= 11 is 12.4. The monoisotopic (exact) mass is 298 g/mol. The number of hydrogen-bond acceptors (Lipinski definition) is 1. The van der Waals surface area contributed by atoms with Gasteiger partial charge in [-0.2, -0.15) is 0 Å². The van der Waals surface area contributed by atoms with Crippen LogP contribution in [0.4, 0.5) is 4.39 Å². The van der Waals surface area contributed by atoms with Crippen molar-refractivity contribution in [3.8, 4) is 5.75 Å². The maximum absolute atomic E-state index is 13.9. The molecule has 0 amide bonds. The van der Waals surface area contributed by atoms with Gasteiger partial charge in [-0.3, -0.25) is 0 Å². The van der Waals surface area contributed by atoms with Crippen LogP contribution in [0, 0.1) is 12.7 Å². The van der Waals surface area contributed by atoms with Crippen LogP contribution >= 0.6 is 23.2 Å². The summed E-state index contributed by atoms with van der Waals surface area (Å²) in [5.41, 5.74) is 2.03. The largest absolute Gasteiger partial charge is 0.495 e. The molecule has 1 atom stereocenters. The zero-order valence-corrected chi connectivity index (χ0v) is 12.1. The first-order chi connectivity index (χ1) is 9.02. The van der Waals surface area contributed by atoms with Crippen LogP contribution in [0.5, 0.6) is 5.75 Å². The second kappa shape index (κ2) is 5.81. The van der Waals surface area contributed by atoms with Crippen LogP contribution in [-0.2, 0) is 0 Å². The van der Waals surface area contributed by atoms with Gasteiger partial charge in [0.2, 0.25) is 0 Å². The summed E-state index contributed by atoms with van der Waals surface area (Å²) in [5, 5.41) is -0.123. The molecule has 0 saturated carbocycles. The van der Waals surface area contributed by atoms with Gasteiger partial charge >= 0.3 is 0 Å². The third kappa shape index (κ3) is 3.02. The van der Waals surface area contributed by atoms with E-state index in [1.165, 1.54) is 6.07 Å². The lowest BCUT2D eigenvalue weighted by molar-refractivity contribution is 0.415. The van der Waals surface area contributed by atoms with E-state index in [1.54, 1.807) is 31.4 Å². The van der Waals surface area contributed by atoms with Gasteiger partial charge in [-0.25, -0.2) is 4.39 Å². The Balaban J connectivity index is 2.38. The lowest BCUT2D eigenvalue weighted by Crippen LogP contribution is -1.98. The van der Waals surface area contributed by atoms with Crippen LogP contribution < -0.4 is 4.74 Å². The second-order valence-electron chi connectivity index (χ2n) is 4.28. The molecule has 0 fully saturated rings. The molecule has 4 heteroatoms. The topological polar surface area (TPSA) is 9.23 Å². The number of methoxy groups -OCH3 is 1. The average molecular weight is 299 g/mol. The number of aryl methyl sites for hydroxylation is 1. The maximum atomic E-state index is 13.9. The number of hydrogen-bond donors (Lipinski definition) is 0. The smallest absolute Gasteiger partial charge is 0.137 e. The van der Waals surface area contributed by atoms with Gasteiger partial charge in [0.1, 0.15) is 11.6 Å². The van der Waals surface area contributed by atoms with Gasteiger partial charge in [-0.05, 0) is 36.2 Å². The van der Waals surface area contributed by atoms with Crippen molar-refractivity contribution in [2.45, 2.75) is 12.3 Å². The summed E-state index contributed by atoms with van der Waals surface area (Å²) in [7, 11) is 1.54. The highest BCUT2D eigenvalue weighted by Crippen LogP contribution is 2.35. The third-order valence-electron chi connectivity index (χ3n) is 2.90. The lowest BCUT2D eigenvalue weighted by Gasteiger charge is -2.13. The Morgan fingerprint density at radius 2 is 1.89 bits per heavy atom. The SMILES string of the molecule is COc1ccc(C(Cl)c2ccc(C)cc2F)cc1Cl. The minimum atomic E-state index is -0.580. The molecule has 100 valence electrons. The van der Waals surface area contributed by atoms with Crippen molar-refractivity contribution in [3.63, 3.8) is 0 Å². The first-order valence-corrected chi connectivity index (χ1v) is 6.58. The van der Waals surface area contributed by atoms with Gasteiger partial charge in [-0.1, -0.05) is 29.8 Å². The van der Waals surface area contributed by atoms with Crippen molar-refractivity contribution in [3.05, 3.63) is 63.9 Å². The number of benzene rings is 2. The molecule has 0 aliphatic heterocycles. The summed E-state index contributed by atoms with van der Waals surface area (Å²) in [5.74, 6) is 0.255. The number of halogens is 3. The van der Waals surface area contributed by atoms with Crippen molar-refractivity contribution >= 4 is 23.2 Å². The minimum absolute atomic E-state index is 0.313. The molecule has 0 spiro atoms. The molecule has 0 aliphatic rings. The molecule has 0 heterocycles. The van der Waals surface area contributed by atoms with Crippen LogP contribution in [0.15, 0.2) is 36.4 Å². The summed E-state index contributed by atoms with van der Waals surface area (Å²) in [6.07, 6.45) is 0. The number of alkyl halides is 1. The van der Waals surface area contributed by atoms with E-state index in [4.69, 9.17) is 27.9 Å². The van der Waals surface area contributed by atoms with Gasteiger partial charge in [0.05, 0.1) is 17.5 Å². The fourth-order valence-electron chi connectivity index (χ4n) is 1.86. The van der Waals surface area contributed by atoms with Gasteiger partial charge in [0, 0.05) is 5.56 Å². The minimum Gasteiger partial charge on any atom is -0.495 e. The summed E-state index contributed by atoms with van der Waals surface area (Å²) < 4.78 is 19.0. The molecule has 0 bridgehead atoms. The molecule has 0 aliphatic carbocycles. The van der Waals surface area contributed by atoms with E-state index in [2.05, 4.69) is 0 Å². The molecule has 2 rings (SSSR count). The highest BCUT2D eigenvalue weighted by molar-refractivity contribution is 6.32. The standard InChI is InChI=1S/C15H13Cl2FO/c1-9-3-5-11(13(18)7-9)15(17)10-4-6-14(19-2)12(16)8-10/h3-8,15H,1-2H3. The molecule has 2 aromatic carbocycles. The number of ether oxygens (including phenoxy) is 1. The normalized spacial score (nSPS) is 12.3. The van der Waals surface area contributed by atoms with Crippen LogP contribution in [0.3, 0.4) is 0 Å². The van der Waals surface area contributed by atoms with Crippen molar-refractivity contribution in [1.82, 2.24) is 0 Å². The van der Waals surface area contributed by atoms with Crippen molar-refractivity contribution in [2.24, 2.45) is 0 Å². The molecule has 0 aromatic heterocycles. The maximum Gasteiger partial charge on any atom is 0.137 e. The second-order valence-corrected chi connectivity index (χ2v) is 5.13. The van der Waals surface area contributed by atoms with Gasteiger partial charge in [-0.15, -0.1) is 11.6 Å². The van der Waals surface area contributed by atoms with E-state index in [1.807, 2.05) is 13.0 Å². The van der Waals surface area contributed by atoms with E-state index in [0.717, 1.165) is 11.1 Å². The highest BCUT2D eigenvalue weighted by Gasteiger charge is 2.16. The Kier molecular flexibility index (Phi) is 4.33. The molecule has 0 saturated heterocycles. The molecule has 19 heavy (non-hydrogen) atoms. The van der Waals surface area contributed by atoms with E-state index in [9.17, 15) is 4.39 Å². The van der Waals surface area contributed by atoms with E-state index >= 15 is 0 Å². The average Bonchev–Trinajstić information content (AvgIpc) is 2.38. The summed E-state index contributed by atoms with van der Waals surface area (Å²) in [6.45, 7) is 1.83. The third-order valence-corrected chi connectivity index (χ3v) is 3.68. The van der Waals surface area contributed by atoms with E-state index in [0.29, 0.717) is 16.3 Å². The Morgan fingerprint density at radius 3 is 2.47 bits per heavy atom. The molecule has 0 N–H and O–H groups in total. The lowest BCUT2D eigenvalue weighted by atomic mass is 10.0. The first kappa shape index (κ1) is 14.2. The van der Waals surface area contributed by atoms with Crippen LogP contribution in [0.2, 0.25) is 5.02 Å². The molecule has 0 radical (unpaired) electrons. The van der Waals surface area contributed by atoms with E-state index < -0.39 is 5.38 Å². The predicted octanol–water partition coefficient (Wildman–Crippen LogP) is 5.12. The Morgan fingerprint density at radius 1 is 1.16 bits per heavy atom. The van der Waals surface area contributed by atoms with Crippen molar-refractivity contribution < 1.29 is 9.13 Å². The van der Waals surface area contributed by atoms with Crippen molar-refractivity contribution in [2.75, 3.05) is 7.11 Å². The highest BCUT2D eigenvalue weighted by atomic mass is 35.5. The first-order valence-electron chi connectivity index (χ1n) is 5.76. The van der Waals surface area contributed by atoms with E-state index in [-0.39, 0.29) is 5.82 Å². The molecule has 2 aromatic rings. The molecule has 1 unspecified atom stereocenters. The molecular weight excluding hydrogens is 286 g/mol.